The lowest BCUT2D eigenvalue weighted by Gasteiger charge is -2.02. The minimum atomic E-state index is 0.880. The highest BCUT2D eigenvalue weighted by Crippen LogP contribution is 2.13. The molecule has 0 atom stereocenters. The van der Waals surface area contributed by atoms with Crippen LogP contribution in [0.1, 0.15) is 34.7 Å². The van der Waals surface area contributed by atoms with Crippen LogP contribution in [0, 0.1) is 13.8 Å². The predicted molar refractivity (Wildman–Crippen MR) is 92.5 cm³/mol. The topological polar surface area (TPSA) is 0 Å². The van der Waals surface area contributed by atoms with E-state index in [1.54, 1.807) is 0 Å². The highest BCUT2D eigenvalue weighted by molar-refractivity contribution is 7.81. The van der Waals surface area contributed by atoms with Crippen LogP contribution in [0.25, 0.3) is 6.08 Å². The molecule has 0 saturated carbocycles. The van der Waals surface area contributed by atoms with E-state index in [4.69, 9.17) is 12.2 Å². The van der Waals surface area contributed by atoms with Crippen molar-refractivity contribution in [3.05, 3.63) is 76.4 Å². The first-order chi connectivity index (χ1) is 9.60. The third-order valence-corrected chi connectivity index (χ3v) is 3.98. The molecule has 0 aliphatic rings. The van der Waals surface area contributed by atoms with Crippen LogP contribution in [0.15, 0.2) is 48.5 Å². The summed E-state index contributed by atoms with van der Waals surface area (Å²) in [4.78, 5) is 0.880. The van der Waals surface area contributed by atoms with Crippen LogP contribution in [0.2, 0.25) is 0 Å². The summed E-state index contributed by atoms with van der Waals surface area (Å²) >= 11 is 5.47. The highest BCUT2D eigenvalue weighted by Gasteiger charge is 1.98. The quantitative estimate of drug-likeness (QED) is 0.416. The van der Waals surface area contributed by atoms with Gasteiger partial charge < -0.3 is 0 Å². The van der Waals surface area contributed by atoms with E-state index in [1.807, 2.05) is 6.08 Å². The summed E-state index contributed by atoms with van der Waals surface area (Å²) in [6.07, 6.45) is 5.16. The van der Waals surface area contributed by atoms with Gasteiger partial charge in [-0.15, -0.1) is 0 Å². The summed E-state index contributed by atoms with van der Waals surface area (Å²) in [5.41, 5.74) is 6.28. The molecule has 20 heavy (non-hydrogen) atoms. The fraction of sp³-hybridized carbons (Fsp3) is 0.211. The van der Waals surface area contributed by atoms with Crippen LogP contribution in [0.5, 0.6) is 0 Å². The number of aryl methyl sites for hydroxylation is 3. The van der Waals surface area contributed by atoms with Gasteiger partial charge in [0.25, 0.3) is 0 Å². The molecule has 0 aromatic heterocycles. The van der Waals surface area contributed by atoms with Crippen molar-refractivity contribution in [3.8, 4) is 0 Å². The molecule has 2 rings (SSSR count). The Labute approximate surface area is 127 Å². The zero-order valence-electron chi connectivity index (χ0n) is 12.3. The van der Waals surface area contributed by atoms with Crippen molar-refractivity contribution in [2.45, 2.75) is 27.2 Å². The summed E-state index contributed by atoms with van der Waals surface area (Å²) in [6, 6.07) is 15.0. The number of hydrogen-bond acceptors (Lipinski definition) is 1. The molecule has 0 spiro atoms. The Morgan fingerprint density at radius 3 is 2.30 bits per heavy atom. The maximum absolute atomic E-state index is 5.47. The number of hydrogen-bond donors (Lipinski definition) is 0. The zero-order valence-corrected chi connectivity index (χ0v) is 13.1. The van der Waals surface area contributed by atoms with Gasteiger partial charge in [0.1, 0.15) is 0 Å². The zero-order chi connectivity index (χ0) is 14.5. The van der Waals surface area contributed by atoms with Gasteiger partial charge in [-0.1, -0.05) is 67.7 Å². The van der Waals surface area contributed by atoms with Crippen LogP contribution >= 0.6 is 12.2 Å². The molecule has 0 aliphatic heterocycles. The minimum Gasteiger partial charge on any atom is -0.0795 e. The van der Waals surface area contributed by atoms with Crippen LogP contribution in [-0.4, -0.2) is 4.86 Å². The molecule has 1 heteroatoms. The molecular weight excluding hydrogens is 260 g/mol. The third kappa shape index (κ3) is 3.64. The molecule has 0 bridgehead atoms. The summed E-state index contributed by atoms with van der Waals surface area (Å²) < 4.78 is 0. The largest absolute Gasteiger partial charge is 0.0795 e. The van der Waals surface area contributed by atoms with Crippen molar-refractivity contribution >= 4 is 23.2 Å². The Hall–Kier alpha value is -1.73. The van der Waals surface area contributed by atoms with Gasteiger partial charge in [0.2, 0.25) is 0 Å². The molecule has 2 aromatic rings. The van der Waals surface area contributed by atoms with E-state index in [9.17, 15) is 0 Å². The van der Waals surface area contributed by atoms with E-state index in [0.29, 0.717) is 0 Å². The van der Waals surface area contributed by atoms with E-state index < -0.39 is 0 Å². The Morgan fingerprint density at radius 2 is 1.70 bits per heavy atom. The second-order valence-corrected chi connectivity index (χ2v) is 5.53. The summed E-state index contributed by atoms with van der Waals surface area (Å²) in [5.74, 6) is 0. The molecule has 0 nitrogen and oxygen atoms in total. The molecule has 0 N–H and O–H groups in total. The Kier molecular flexibility index (Phi) is 4.86. The summed E-state index contributed by atoms with van der Waals surface area (Å²) in [5, 5.41) is 0. The Morgan fingerprint density at radius 1 is 1.00 bits per heavy atom. The van der Waals surface area contributed by atoms with E-state index >= 15 is 0 Å². The second kappa shape index (κ2) is 6.62. The van der Waals surface area contributed by atoms with Gasteiger partial charge in [-0.2, -0.15) is 0 Å². The molecule has 0 saturated heterocycles. The molecule has 0 amide bonds. The second-order valence-electron chi connectivity index (χ2n) is 5.09. The van der Waals surface area contributed by atoms with E-state index in [0.717, 1.165) is 16.8 Å². The molecular formula is C19H20S. The van der Waals surface area contributed by atoms with Gasteiger partial charge in [0.15, 0.2) is 0 Å². The fourth-order valence-electron chi connectivity index (χ4n) is 2.04. The third-order valence-electron chi connectivity index (χ3n) is 3.60. The maximum Gasteiger partial charge on any atom is 0.0449 e. The smallest absolute Gasteiger partial charge is 0.0449 e. The van der Waals surface area contributed by atoms with Crippen molar-refractivity contribution in [2.24, 2.45) is 0 Å². The molecule has 0 unspecified atom stereocenters. The molecule has 0 heterocycles. The fourth-order valence-corrected chi connectivity index (χ4v) is 2.25. The lowest BCUT2D eigenvalue weighted by atomic mass is 10.0. The van der Waals surface area contributed by atoms with Crippen LogP contribution < -0.4 is 0 Å². The molecule has 0 radical (unpaired) electrons. The first-order valence-electron chi connectivity index (χ1n) is 6.98. The highest BCUT2D eigenvalue weighted by atomic mass is 32.1. The van der Waals surface area contributed by atoms with Crippen LogP contribution in [-0.2, 0) is 6.42 Å². The Bertz CT molecular complexity index is 633. The van der Waals surface area contributed by atoms with Crippen molar-refractivity contribution < 1.29 is 0 Å². The van der Waals surface area contributed by atoms with E-state index in [2.05, 4.69) is 69.3 Å². The number of thiocarbonyl (C=S) groups is 1. The van der Waals surface area contributed by atoms with Crippen LogP contribution in [0.4, 0.5) is 0 Å². The minimum absolute atomic E-state index is 0.880. The lowest BCUT2D eigenvalue weighted by Crippen LogP contribution is -1.93. The molecule has 0 fully saturated rings. The van der Waals surface area contributed by atoms with Gasteiger partial charge in [-0.3, -0.25) is 0 Å². The van der Waals surface area contributed by atoms with Crippen LogP contribution in [0.3, 0.4) is 0 Å². The van der Waals surface area contributed by atoms with Crippen molar-refractivity contribution in [3.63, 3.8) is 0 Å². The summed E-state index contributed by atoms with van der Waals surface area (Å²) in [6.45, 7) is 6.42. The van der Waals surface area contributed by atoms with E-state index in [-0.39, 0.29) is 0 Å². The Balaban J connectivity index is 2.13. The molecule has 2 aromatic carbocycles. The molecule has 0 aliphatic carbocycles. The summed E-state index contributed by atoms with van der Waals surface area (Å²) in [7, 11) is 0. The lowest BCUT2D eigenvalue weighted by molar-refractivity contribution is 1.14. The maximum atomic E-state index is 5.47. The normalized spacial score (nSPS) is 10.9. The first kappa shape index (κ1) is 14.7. The van der Waals surface area contributed by atoms with Crippen molar-refractivity contribution in [2.75, 3.05) is 0 Å². The van der Waals surface area contributed by atoms with Gasteiger partial charge in [0, 0.05) is 4.86 Å². The van der Waals surface area contributed by atoms with Gasteiger partial charge >= 0.3 is 0 Å². The average Bonchev–Trinajstić information content (AvgIpc) is 2.48. The van der Waals surface area contributed by atoms with Crippen molar-refractivity contribution in [1.82, 2.24) is 0 Å². The molecule has 102 valence electrons. The monoisotopic (exact) mass is 280 g/mol. The predicted octanol–water partition coefficient (Wildman–Crippen LogP) is 5.30. The van der Waals surface area contributed by atoms with E-state index in [1.165, 1.54) is 22.3 Å². The number of benzene rings is 2. The average molecular weight is 280 g/mol. The standard InChI is InChI=1S/C19H20S/c1-4-16-7-10-18(11-8-16)19(20)12-9-17-6-5-14(2)15(3)13-17/h5-13H,4H2,1-3H3. The van der Waals surface area contributed by atoms with Gasteiger partial charge in [-0.05, 0) is 54.2 Å². The SMILES string of the molecule is CCc1ccc(C(=S)C=Cc2ccc(C)c(C)c2)cc1. The number of rotatable bonds is 4. The van der Waals surface area contributed by atoms with Gasteiger partial charge in [-0.25, -0.2) is 0 Å². The first-order valence-corrected chi connectivity index (χ1v) is 7.39. The van der Waals surface area contributed by atoms with Crippen molar-refractivity contribution in [1.29, 1.82) is 0 Å². The van der Waals surface area contributed by atoms with Gasteiger partial charge in [0.05, 0.1) is 0 Å². The number of allylic oxidation sites excluding steroid dienone is 1.